The Morgan fingerprint density at radius 3 is 2.57 bits per heavy atom. The SMILES string of the molecule is CNC(C)(C)c1ccc(C2CC2C)o1. The van der Waals surface area contributed by atoms with Crippen LogP contribution in [0.15, 0.2) is 16.5 Å². The number of nitrogens with one attached hydrogen (secondary N) is 1. The first-order valence-corrected chi connectivity index (χ1v) is 5.33. The van der Waals surface area contributed by atoms with Gasteiger partial charge in [-0.2, -0.15) is 0 Å². The maximum atomic E-state index is 5.87. The Hall–Kier alpha value is -0.760. The van der Waals surface area contributed by atoms with Gasteiger partial charge < -0.3 is 9.73 Å². The van der Waals surface area contributed by atoms with Crippen molar-refractivity contribution in [1.29, 1.82) is 0 Å². The third-order valence-corrected chi connectivity index (χ3v) is 3.34. The van der Waals surface area contributed by atoms with Crippen LogP contribution in [0.3, 0.4) is 0 Å². The molecule has 1 heterocycles. The molecule has 14 heavy (non-hydrogen) atoms. The van der Waals surface area contributed by atoms with E-state index >= 15 is 0 Å². The highest BCUT2D eigenvalue weighted by Crippen LogP contribution is 2.47. The summed E-state index contributed by atoms with van der Waals surface area (Å²) < 4.78 is 5.87. The minimum absolute atomic E-state index is 0.0591. The van der Waals surface area contributed by atoms with E-state index in [0.717, 1.165) is 17.4 Å². The van der Waals surface area contributed by atoms with Crippen LogP contribution in [0.2, 0.25) is 0 Å². The van der Waals surface area contributed by atoms with Gasteiger partial charge in [-0.15, -0.1) is 0 Å². The largest absolute Gasteiger partial charge is 0.464 e. The molecule has 1 aliphatic rings. The minimum atomic E-state index is -0.0591. The molecular weight excluding hydrogens is 174 g/mol. The molecule has 2 heteroatoms. The zero-order valence-electron chi connectivity index (χ0n) is 9.42. The lowest BCUT2D eigenvalue weighted by Gasteiger charge is -2.20. The van der Waals surface area contributed by atoms with Gasteiger partial charge in [-0.1, -0.05) is 6.92 Å². The van der Waals surface area contributed by atoms with Crippen LogP contribution in [-0.2, 0) is 5.54 Å². The van der Waals surface area contributed by atoms with E-state index in [-0.39, 0.29) is 5.54 Å². The number of hydrogen-bond acceptors (Lipinski definition) is 2. The van der Waals surface area contributed by atoms with Gasteiger partial charge in [0.1, 0.15) is 11.5 Å². The van der Waals surface area contributed by atoms with E-state index in [2.05, 4.69) is 38.2 Å². The van der Waals surface area contributed by atoms with Gasteiger partial charge in [-0.3, -0.25) is 0 Å². The van der Waals surface area contributed by atoms with Gasteiger partial charge in [0.15, 0.2) is 0 Å². The Bertz CT molecular complexity index is 327. The molecule has 0 amide bonds. The molecular formula is C12H19NO. The van der Waals surface area contributed by atoms with E-state index in [4.69, 9.17) is 4.42 Å². The molecule has 2 unspecified atom stereocenters. The number of furan rings is 1. The van der Waals surface area contributed by atoms with Crippen LogP contribution in [0, 0.1) is 5.92 Å². The van der Waals surface area contributed by atoms with E-state index in [1.54, 1.807) is 0 Å². The number of hydrogen-bond donors (Lipinski definition) is 1. The predicted octanol–water partition coefficient (Wildman–Crippen LogP) is 2.86. The summed E-state index contributed by atoms with van der Waals surface area (Å²) in [4.78, 5) is 0. The van der Waals surface area contributed by atoms with Gasteiger partial charge in [0.05, 0.1) is 5.54 Å². The van der Waals surface area contributed by atoms with Crippen LogP contribution in [0.1, 0.15) is 44.6 Å². The molecule has 78 valence electrons. The van der Waals surface area contributed by atoms with Crippen molar-refractivity contribution in [2.45, 2.75) is 38.6 Å². The van der Waals surface area contributed by atoms with Gasteiger partial charge >= 0.3 is 0 Å². The second kappa shape index (κ2) is 3.13. The summed E-state index contributed by atoms with van der Waals surface area (Å²) in [6.07, 6.45) is 1.28. The third-order valence-electron chi connectivity index (χ3n) is 3.34. The van der Waals surface area contributed by atoms with Crippen molar-refractivity contribution >= 4 is 0 Å². The summed E-state index contributed by atoms with van der Waals surface area (Å²) in [5.41, 5.74) is -0.0591. The second-order valence-corrected chi connectivity index (χ2v) is 4.90. The van der Waals surface area contributed by atoms with Crippen molar-refractivity contribution in [3.63, 3.8) is 0 Å². The van der Waals surface area contributed by atoms with Crippen LogP contribution >= 0.6 is 0 Å². The topological polar surface area (TPSA) is 25.2 Å². The molecule has 0 radical (unpaired) electrons. The van der Waals surface area contributed by atoms with Crippen molar-refractivity contribution in [2.75, 3.05) is 7.05 Å². The number of rotatable bonds is 3. The molecule has 1 aliphatic carbocycles. The third kappa shape index (κ3) is 1.59. The molecule has 0 saturated heterocycles. The fourth-order valence-electron chi connectivity index (χ4n) is 1.73. The lowest BCUT2D eigenvalue weighted by atomic mass is 10.0. The zero-order valence-corrected chi connectivity index (χ0v) is 9.42. The van der Waals surface area contributed by atoms with Gasteiger partial charge in [-0.25, -0.2) is 0 Å². The molecule has 0 bridgehead atoms. The summed E-state index contributed by atoms with van der Waals surface area (Å²) in [7, 11) is 1.96. The first kappa shape index (κ1) is 9.78. The van der Waals surface area contributed by atoms with E-state index in [9.17, 15) is 0 Å². The first-order valence-electron chi connectivity index (χ1n) is 5.33. The highest BCUT2D eigenvalue weighted by atomic mass is 16.3. The Labute approximate surface area is 85.7 Å². The average Bonchev–Trinajstić information content (AvgIpc) is 2.70. The van der Waals surface area contributed by atoms with Crippen molar-refractivity contribution in [3.05, 3.63) is 23.7 Å². The van der Waals surface area contributed by atoms with Crippen LogP contribution in [0.25, 0.3) is 0 Å². The summed E-state index contributed by atoms with van der Waals surface area (Å²) in [5, 5.41) is 3.25. The Morgan fingerprint density at radius 1 is 1.43 bits per heavy atom. The highest BCUT2D eigenvalue weighted by Gasteiger charge is 2.37. The fraction of sp³-hybridized carbons (Fsp3) is 0.667. The van der Waals surface area contributed by atoms with Gasteiger partial charge in [0, 0.05) is 5.92 Å². The highest BCUT2D eigenvalue weighted by molar-refractivity contribution is 5.20. The summed E-state index contributed by atoms with van der Waals surface area (Å²) in [5.74, 6) is 3.69. The summed E-state index contributed by atoms with van der Waals surface area (Å²) in [6, 6.07) is 4.22. The molecule has 2 rings (SSSR count). The standard InChI is InChI=1S/C12H19NO/c1-8-7-9(8)10-5-6-11(14-10)12(2,3)13-4/h5-6,8-9,13H,7H2,1-4H3. The van der Waals surface area contributed by atoms with Gasteiger partial charge in [0.2, 0.25) is 0 Å². The molecule has 1 aromatic heterocycles. The molecule has 1 saturated carbocycles. The smallest absolute Gasteiger partial charge is 0.123 e. The Balaban J connectivity index is 2.17. The maximum Gasteiger partial charge on any atom is 0.123 e. The first-order chi connectivity index (χ1) is 6.54. The van der Waals surface area contributed by atoms with Crippen LogP contribution in [-0.4, -0.2) is 7.05 Å². The van der Waals surface area contributed by atoms with E-state index in [1.165, 1.54) is 6.42 Å². The molecule has 2 atom stereocenters. The van der Waals surface area contributed by atoms with Gasteiger partial charge in [0.25, 0.3) is 0 Å². The Kier molecular flexibility index (Phi) is 2.18. The molecule has 0 spiro atoms. The lowest BCUT2D eigenvalue weighted by molar-refractivity contribution is 0.328. The van der Waals surface area contributed by atoms with Crippen molar-refractivity contribution in [3.8, 4) is 0 Å². The van der Waals surface area contributed by atoms with E-state index in [1.807, 2.05) is 7.05 Å². The lowest BCUT2D eigenvalue weighted by Crippen LogP contribution is -2.32. The molecule has 1 aromatic rings. The summed E-state index contributed by atoms with van der Waals surface area (Å²) >= 11 is 0. The van der Waals surface area contributed by atoms with E-state index in [0.29, 0.717) is 5.92 Å². The van der Waals surface area contributed by atoms with Crippen LogP contribution < -0.4 is 5.32 Å². The average molecular weight is 193 g/mol. The molecule has 1 N–H and O–H groups in total. The van der Waals surface area contributed by atoms with E-state index < -0.39 is 0 Å². The molecule has 2 nitrogen and oxygen atoms in total. The minimum Gasteiger partial charge on any atom is -0.464 e. The zero-order chi connectivity index (χ0) is 10.3. The predicted molar refractivity (Wildman–Crippen MR) is 57.3 cm³/mol. The Morgan fingerprint density at radius 2 is 2.07 bits per heavy atom. The molecule has 0 aromatic carbocycles. The molecule has 1 fully saturated rings. The normalized spacial score (nSPS) is 26.6. The van der Waals surface area contributed by atoms with Crippen LogP contribution in [0.5, 0.6) is 0 Å². The van der Waals surface area contributed by atoms with Crippen molar-refractivity contribution in [1.82, 2.24) is 5.32 Å². The van der Waals surface area contributed by atoms with Crippen molar-refractivity contribution < 1.29 is 4.42 Å². The summed E-state index contributed by atoms with van der Waals surface area (Å²) in [6.45, 7) is 6.54. The monoisotopic (exact) mass is 193 g/mol. The maximum absolute atomic E-state index is 5.87. The van der Waals surface area contributed by atoms with Crippen LogP contribution in [0.4, 0.5) is 0 Å². The fourth-order valence-corrected chi connectivity index (χ4v) is 1.73. The molecule has 0 aliphatic heterocycles. The van der Waals surface area contributed by atoms with Gasteiger partial charge in [-0.05, 0) is 45.4 Å². The quantitative estimate of drug-likeness (QED) is 0.798. The second-order valence-electron chi connectivity index (χ2n) is 4.90. The van der Waals surface area contributed by atoms with Crippen molar-refractivity contribution in [2.24, 2.45) is 5.92 Å².